The number of carbonyl (C=O) groups is 3. The molecule has 0 radical (unpaired) electrons. The summed E-state index contributed by atoms with van der Waals surface area (Å²) in [5.41, 5.74) is 0.686. The Morgan fingerprint density at radius 2 is 1.77 bits per heavy atom. The lowest BCUT2D eigenvalue weighted by Gasteiger charge is -2.22. The molecule has 2 amide bonds. The van der Waals surface area contributed by atoms with Gasteiger partial charge in [-0.1, -0.05) is 12.1 Å². The molecule has 2 heterocycles. The number of anilines is 1. The van der Waals surface area contributed by atoms with Crippen molar-refractivity contribution in [2.24, 2.45) is 0 Å². The SMILES string of the molecule is CCc1noc(C)c1C(=O)OC1=C(N(CC)CC)C(=O)N(c2ccc(F)cc2)C1=O. The molecular formula is C21H22FN3O5. The second-order valence-corrected chi connectivity index (χ2v) is 6.58. The molecular weight excluding hydrogens is 393 g/mol. The monoisotopic (exact) mass is 415 g/mol. The number of carbonyl (C=O) groups excluding carboxylic acids is 3. The van der Waals surface area contributed by atoms with Crippen molar-refractivity contribution >= 4 is 23.5 Å². The Bertz CT molecular complexity index is 1020. The molecule has 0 saturated carbocycles. The van der Waals surface area contributed by atoms with Crippen LogP contribution in [0.25, 0.3) is 0 Å². The Labute approximate surface area is 172 Å². The number of hydrogen-bond acceptors (Lipinski definition) is 7. The van der Waals surface area contributed by atoms with E-state index >= 15 is 0 Å². The minimum absolute atomic E-state index is 0.0187. The molecule has 1 aliphatic heterocycles. The van der Waals surface area contributed by atoms with Crippen LogP contribution in [-0.4, -0.2) is 40.9 Å². The van der Waals surface area contributed by atoms with Crippen molar-refractivity contribution in [1.82, 2.24) is 10.1 Å². The third-order valence-corrected chi connectivity index (χ3v) is 4.85. The van der Waals surface area contributed by atoms with Crippen LogP contribution >= 0.6 is 0 Å². The van der Waals surface area contributed by atoms with Gasteiger partial charge in [0.1, 0.15) is 17.1 Å². The van der Waals surface area contributed by atoms with Gasteiger partial charge in [-0.3, -0.25) is 9.59 Å². The Balaban J connectivity index is 2.04. The van der Waals surface area contributed by atoms with Crippen molar-refractivity contribution < 1.29 is 28.0 Å². The summed E-state index contributed by atoms with van der Waals surface area (Å²) in [6.45, 7) is 7.82. The second-order valence-electron chi connectivity index (χ2n) is 6.58. The molecule has 1 aromatic heterocycles. The van der Waals surface area contributed by atoms with E-state index in [1.54, 1.807) is 18.7 Å². The third-order valence-electron chi connectivity index (χ3n) is 4.85. The first-order chi connectivity index (χ1) is 14.3. The maximum atomic E-state index is 13.3. The van der Waals surface area contributed by atoms with Crippen LogP contribution in [0.3, 0.4) is 0 Å². The van der Waals surface area contributed by atoms with Gasteiger partial charge in [-0.05, 0) is 51.5 Å². The van der Waals surface area contributed by atoms with Crippen LogP contribution in [-0.2, 0) is 20.7 Å². The number of ether oxygens (including phenoxy) is 1. The summed E-state index contributed by atoms with van der Waals surface area (Å²) in [7, 11) is 0. The van der Waals surface area contributed by atoms with Gasteiger partial charge < -0.3 is 14.2 Å². The van der Waals surface area contributed by atoms with Crippen LogP contribution < -0.4 is 4.90 Å². The van der Waals surface area contributed by atoms with Crippen molar-refractivity contribution in [3.05, 3.63) is 58.6 Å². The molecule has 30 heavy (non-hydrogen) atoms. The van der Waals surface area contributed by atoms with E-state index in [2.05, 4.69) is 5.16 Å². The highest BCUT2D eigenvalue weighted by Gasteiger charge is 2.44. The summed E-state index contributed by atoms with van der Waals surface area (Å²) < 4.78 is 23.8. The number of hydrogen-bond donors (Lipinski definition) is 0. The molecule has 158 valence electrons. The van der Waals surface area contributed by atoms with E-state index in [-0.39, 0.29) is 28.5 Å². The number of halogens is 1. The molecule has 0 unspecified atom stereocenters. The number of rotatable bonds is 7. The zero-order valence-corrected chi connectivity index (χ0v) is 17.2. The highest BCUT2D eigenvalue weighted by atomic mass is 19.1. The maximum absolute atomic E-state index is 13.3. The fourth-order valence-electron chi connectivity index (χ4n) is 3.30. The van der Waals surface area contributed by atoms with Crippen molar-refractivity contribution in [2.45, 2.75) is 34.1 Å². The van der Waals surface area contributed by atoms with Gasteiger partial charge >= 0.3 is 11.9 Å². The second kappa shape index (κ2) is 8.48. The summed E-state index contributed by atoms with van der Waals surface area (Å²) in [4.78, 5) is 41.6. The van der Waals surface area contributed by atoms with Gasteiger partial charge in [0.15, 0.2) is 5.70 Å². The Hall–Kier alpha value is -3.49. The predicted octanol–water partition coefficient (Wildman–Crippen LogP) is 2.97. The Morgan fingerprint density at radius 3 is 2.33 bits per heavy atom. The quantitative estimate of drug-likeness (QED) is 0.507. The normalized spacial score (nSPS) is 14.0. The van der Waals surface area contributed by atoms with Crippen molar-refractivity contribution in [3.63, 3.8) is 0 Å². The van der Waals surface area contributed by atoms with E-state index < -0.39 is 23.6 Å². The van der Waals surface area contributed by atoms with Gasteiger partial charge in [-0.15, -0.1) is 0 Å². The number of esters is 1. The number of aryl methyl sites for hydroxylation is 2. The molecule has 3 rings (SSSR count). The third kappa shape index (κ3) is 3.58. The molecule has 0 fully saturated rings. The standard InChI is InChI=1S/C21H22FN3O5/c1-5-15-16(12(4)30-23-15)21(28)29-18-17(24(6-2)7-3)19(26)25(20(18)27)14-10-8-13(22)9-11-14/h8-11H,5-7H2,1-4H3. The first-order valence-corrected chi connectivity index (χ1v) is 9.64. The Morgan fingerprint density at radius 1 is 1.13 bits per heavy atom. The molecule has 9 heteroatoms. The molecule has 0 spiro atoms. The van der Waals surface area contributed by atoms with E-state index in [0.29, 0.717) is 25.2 Å². The zero-order chi connectivity index (χ0) is 22.0. The zero-order valence-electron chi connectivity index (χ0n) is 17.2. The average Bonchev–Trinajstić information content (AvgIpc) is 3.22. The minimum atomic E-state index is -0.827. The molecule has 0 N–H and O–H groups in total. The van der Waals surface area contributed by atoms with Gasteiger partial charge in [0, 0.05) is 13.1 Å². The molecule has 0 bridgehead atoms. The van der Waals surface area contributed by atoms with Crippen molar-refractivity contribution in [2.75, 3.05) is 18.0 Å². The lowest BCUT2D eigenvalue weighted by Crippen LogP contribution is -2.35. The Kier molecular flexibility index (Phi) is 6.00. The highest BCUT2D eigenvalue weighted by molar-refractivity contribution is 6.32. The summed E-state index contributed by atoms with van der Waals surface area (Å²) >= 11 is 0. The van der Waals surface area contributed by atoms with Crippen LogP contribution in [0.2, 0.25) is 0 Å². The van der Waals surface area contributed by atoms with Gasteiger partial charge in [0.25, 0.3) is 5.91 Å². The van der Waals surface area contributed by atoms with Gasteiger partial charge in [0.2, 0.25) is 5.76 Å². The van der Waals surface area contributed by atoms with Crippen LogP contribution in [0.4, 0.5) is 10.1 Å². The van der Waals surface area contributed by atoms with E-state index in [9.17, 15) is 18.8 Å². The van der Waals surface area contributed by atoms with Gasteiger partial charge in [-0.2, -0.15) is 0 Å². The molecule has 2 aromatic rings. The fraction of sp³-hybridized carbons (Fsp3) is 0.333. The number of amides is 2. The summed E-state index contributed by atoms with van der Waals surface area (Å²) in [6.07, 6.45) is 0.429. The first-order valence-electron chi connectivity index (χ1n) is 9.64. The largest absolute Gasteiger partial charge is 0.414 e. The van der Waals surface area contributed by atoms with Crippen LogP contribution in [0.15, 0.2) is 40.2 Å². The van der Waals surface area contributed by atoms with Crippen molar-refractivity contribution in [3.8, 4) is 0 Å². The lowest BCUT2D eigenvalue weighted by molar-refractivity contribution is -0.122. The van der Waals surface area contributed by atoms with Crippen LogP contribution in [0.1, 0.15) is 42.6 Å². The number of aromatic nitrogens is 1. The van der Waals surface area contributed by atoms with Crippen molar-refractivity contribution in [1.29, 1.82) is 0 Å². The number of imide groups is 1. The van der Waals surface area contributed by atoms with Gasteiger partial charge in [-0.25, -0.2) is 14.1 Å². The number of benzene rings is 1. The number of likely N-dealkylation sites (N-methyl/N-ethyl adjacent to an activating group) is 1. The first kappa shape index (κ1) is 21.2. The molecule has 0 saturated heterocycles. The fourth-order valence-corrected chi connectivity index (χ4v) is 3.30. The minimum Gasteiger partial charge on any atom is -0.414 e. The summed E-state index contributed by atoms with van der Waals surface area (Å²) in [6, 6.07) is 4.92. The molecule has 0 atom stereocenters. The molecule has 1 aromatic carbocycles. The summed E-state index contributed by atoms with van der Waals surface area (Å²) in [5.74, 6) is -2.89. The topological polar surface area (TPSA) is 92.9 Å². The number of nitrogens with zero attached hydrogens (tertiary/aromatic N) is 3. The van der Waals surface area contributed by atoms with E-state index in [0.717, 1.165) is 17.0 Å². The molecule has 8 nitrogen and oxygen atoms in total. The van der Waals surface area contributed by atoms with E-state index in [1.165, 1.54) is 12.1 Å². The maximum Gasteiger partial charge on any atom is 0.349 e. The predicted molar refractivity (Wildman–Crippen MR) is 105 cm³/mol. The van der Waals surface area contributed by atoms with Crippen LogP contribution in [0, 0.1) is 12.7 Å². The highest BCUT2D eigenvalue weighted by Crippen LogP contribution is 2.31. The summed E-state index contributed by atoms with van der Waals surface area (Å²) in [5, 5.41) is 3.82. The van der Waals surface area contributed by atoms with E-state index in [1.807, 2.05) is 13.8 Å². The smallest absolute Gasteiger partial charge is 0.349 e. The molecule has 1 aliphatic rings. The van der Waals surface area contributed by atoms with E-state index in [4.69, 9.17) is 9.26 Å². The van der Waals surface area contributed by atoms with Crippen LogP contribution in [0.5, 0.6) is 0 Å². The molecule has 0 aliphatic carbocycles. The van der Waals surface area contributed by atoms with Gasteiger partial charge in [0.05, 0.1) is 11.4 Å². The average molecular weight is 415 g/mol. The lowest BCUT2D eigenvalue weighted by atomic mass is 10.1.